The van der Waals surface area contributed by atoms with Gasteiger partial charge in [-0.15, -0.1) is 5.10 Å². The van der Waals surface area contributed by atoms with Crippen LogP contribution in [0.3, 0.4) is 0 Å². The lowest BCUT2D eigenvalue weighted by Crippen LogP contribution is -2.22. The molecule has 2 aromatic rings. The Bertz CT molecular complexity index is 656. The maximum absolute atomic E-state index is 11.3. The lowest BCUT2D eigenvalue weighted by atomic mass is 9.87. The Morgan fingerprint density at radius 3 is 2.48 bits per heavy atom. The van der Waals surface area contributed by atoms with Gasteiger partial charge >= 0.3 is 5.97 Å². The number of carbonyl (C=O) groups excluding carboxylic acids is 1. The first-order valence-electron chi connectivity index (χ1n) is 7.55. The highest BCUT2D eigenvalue weighted by atomic mass is 16.5. The van der Waals surface area contributed by atoms with Crippen LogP contribution in [0.15, 0.2) is 30.6 Å². The van der Waals surface area contributed by atoms with Crippen molar-refractivity contribution < 1.29 is 9.53 Å². The fourth-order valence-electron chi connectivity index (χ4n) is 2.27. The molecule has 124 valence electrons. The SMILES string of the molecule is COC(=O)c1ncn(CN(C)Cc2ccc(C(C)(C)C)cc2)n1. The minimum Gasteiger partial charge on any atom is -0.463 e. The van der Waals surface area contributed by atoms with Crippen LogP contribution in [0.25, 0.3) is 0 Å². The van der Waals surface area contributed by atoms with Crippen molar-refractivity contribution in [3.63, 3.8) is 0 Å². The van der Waals surface area contributed by atoms with E-state index >= 15 is 0 Å². The number of carbonyl (C=O) groups is 1. The molecular weight excluding hydrogens is 292 g/mol. The predicted molar refractivity (Wildman–Crippen MR) is 88.0 cm³/mol. The first-order chi connectivity index (χ1) is 10.8. The van der Waals surface area contributed by atoms with Crippen LogP contribution in [0, 0.1) is 0 Å². The van der Waals surface area contributed by atoms with Crippen LogP contribution in [0.1, 0.15) is 42.5 Å². The summed E-state index contributed by atoms with van der Waals surface area (Å²) in [5.74, 6) is -0.445. The summed E-state index contributed by atoms with van der Waals surface area (Å²) in [4.78, 5) is 17.4. The number of methoxy groups -OCH3 is 1. The molecule has 0 amide bonds. The van der Waals surface area contributed by atoms with Crippen LogP contribution in [0.2, 0.25) is 0 Å². The lowest BCUT2D eigenvalue weighted by molar-refractivity contribution is 0.0585. The van der Waals surface area contributed by atoms with Gasteiger partial charge in [-0.25, -0.2) is 14.5 Å². The van der Waals surface area contributed by atoms with Crippen molar-refractivity contribution in [2.24, 2.45) is 0 Å². The average molecular weight is 316 g/mol. The summed E-state index contributed by atoms with van der Waals surface area (Å²) in [5.41, 5.74) is 2.71. The molecular formula is C17H24N4O2. The number of hydrogen-bond acceptors (Lipinski definition) is 5. The highest BCUT2D eigenvalue weighted by Gasteiger charge is 2.14. The zero-order chi connectivity index (χ0) is 17.0. The highest BCUT2D eigenvalue weighted by molar-refractivity contribution is 5.84. The molecule has 0 aliphatic rings. The van der Waals surface area contributed by atoms with E-state index in [4.69, 9.17) is 0 Å². The van der Waals surface area contributed by atoms with Crippen molar-refractivity contribution in [1.29, 1.82) is 0 Å². The Labute approximate surface area is 137 Å². The number of aromatic nitrogens is 3. The molecule has 0 saturated heterocycles. The topological polar surface area (TPSA) is 60.2 Å². The smallest absolute Gasteiger partial charge is 0.377 e. The molecule has 1 heterocycles. The van der Waals surface area contributed by atoms with Gasteiger partial charge in [-0.2, -0.15) is 0 Å². The molecule has 0 atom stereocenters. The van der Waals surface area contributed by atoms with E-state index in [1.54, 1.807) is 4.68 Å². The molecule has 1 aromatic heterocycles. The summed E-state index contributed by atoms with van der Waals surface area (Å²) in [6, 6.07) is 8.65. The summed E-state index contributed by atoms with van der Waals surface area (Å²) < 4.78 is 6.22. The molecule has 1 aromatic carbocycles. The Balaban J connectivity index is 1.95. The lowest BCUT2D eigenvalue weighted by Gasteiger charge is -2.20. The zero-order valence-corrected chi connectivity index (χ0v) is 14.4. The molecule has 0 aliphatic heterocycles. The number of rotatable bonds is 5. The number of nitrogens with zero attached hydrogens (tertiary/aromatic N) is 4. The number of esters is 1. The van der Waals surface area contributed by atoms with Crippen molar-refractivity contribution in [3.05, 3.63) is 47.5 Å². The summed E-state index contributed by atoms with van der Waals surface area (Å²) in [5, 5.41) is 4.10. The predicted octanol–water partition coefficient (Wildman–Crippen LogP) is 2.45. The average Bonchev–Trinajstić information content (AvgIpc) is 2.94. The van der Waals surface area contributed by atoms with E-state index in [-0.39, 0.29) is 11.2 Å². The standard InChI is InChI=1S/C17H24N4O2/c1-17(2,3)14-8-6-13(7-9-14)10-20(4)12-21-11-18-15(19-21)16(22)23-5/h6-9,11H,10,12H2,1-5H3. The second kappa shape index (κ2) is 6.91. The van der Waals surface area contributed by atoms with E-state index in [0.29, 0.717) is 6.67 Å². The number of benzene rings is 1. The zero-order valence-electron chi connectivity index (χ0n) is 14.4. The van der Waals surface area contributed by atoms with E-state index in [2.05, 4.69) is 64.8 Å². The van der Waals surface area contributed by atoms with E-state index in [1.807, 2.05) is 7.05 Å². The van der Waals surface area contributed by atoms with Gasteiger partial charge in [-0.1, -0.05) is 45.0 Å². The minimum atomic E-state index is -0.524. The Kier molecular flexibility index (Phi) is 5.15. The number of hydrogen-bond donors (Lipinski definition) is 0. The van der Waals surface area contributed by atoms with Gasteiger partial charge in [0.05, 0.1) is 13.8 Å². The van der Waals surface area contributed by atoms with Gasteiger partial charge in [0.1, 0.15) is 6.33 Å². The molecule has 2 rings (SSSR count). The van der Waals surface area contributed by atoms with Crippen molar-refractivity contribution in [2.75, 3.05) is 14.2 Å². The Hall–Kier alpha value is -2.21. The van der Waals surface area contributed by atoms with E-state index in [0.717, 1.165) is 6.54 Å². The van der Waals surface area contributed by atoms with E-state index < -0.39 is 5.97 Å². The van der Waals surface area contributed by atoms with Crippen molar-refractivity contribution >= 4 is 5.97 Å². The summed E-state index contributed by atoms with van der Waals surface area (Å²) in [7, 11) is 3.31. The van der Waals surface area contributed by atoms with Gasteiger partial charge in [0.15, 0.2) is 0 Å². The second-order valence-electron chi connectivity index (χ2n) is 6.70. The largest absolute Gasteiger partial charge is 0.463 e. The molecule has 23 heavy (non-hydrogen) atoms. The molecule has 0 radical (unpaired) electrons. The van der Waals surface area contributed by atoms with Gasteiger partial charge in [0.25, 0.3) is 5.82 Å². The molecule has 0 unspecified atom stereocenters. The van der Waals surface area contributed by atoms with E-state index in [9.17, 15) is 4.79 Å². The van der Waals surface area contributed by atoms with Crippen molar-refractivity contribution in [1.82, 2.24) is 19.7 Å². The third-order valence-corrected chi connectivity index (χ3v) is 3.56. The van der Waals surface area contributed by atoms with Gasteiger partial charge in [0.2, 0.25) is 0 Å². The molecule has 0 aliphatic carbocycles. The normalized spacial score (nSPS) is 11.7. The molecule has 0 N–H and O–H groups in total. The Morgan fingerprint density at radius 1 is 1.26 bits per heavy atom. The van der Waals surface area contributed by atoms with Crippen molar-refractivity contribution in [3.8, 4) is 0 Å². The molecule has 0 spiro atoms. The van der Waals surface area contributed by atoms with E-state index in [1.165, 1.54) is 24.6 Å². The van der Waals surface area contributed by atoms with Crippen LogP contribution in [-0.4, -0.2) is 39.8 Å². The third kappa shape index (κ3) is 4.63. The van der Waals surface area contributed by atoms with Crippen LogP contribution in [0.5, 0.6) is 0 Å². The molecule has 0 saturated carbocycles. The molecule has 6 heteroatoms. The molecule has 6 nitrogen and oxygen atoms in total. The van der Waals surface area contributed by atoms with Gasteiger partial charge in [-0.05, 0) is 23.6 Å². The fraction of sp³-hybridized carbons (Fsp3) is 0.471. The minimum absolute atomic E-state index is 0.0791. The first kappa shape index (κ1) is 17.1. The first-order valence-corrected chi connectivity index (χ1v) is 7.55. The maximum atomic E-state index is 11.3. The van der Waals surface area contributed by atoms with Crippen LogP contribution >= 0.6 is 0 Å². The summed E-state index contributed by atoms with van der Waals surface area (Å²) in [6.45, 7) is 7.95. The van der Waals surface area contributed by atoms with Crippen molar-refractivity contribution in [2.45, 2.75) is 39.4 Å². The second-order valence-corrected chi connectivity index (χ2v) is 6.70. The monoisotopic (exact) mass is 316 g/mol. The van der Waals surface area contributed by atoms with Gasteiger partial charge in [0, 0.05) is 6.54 Å². The summed E-state index contributed by atoms with van der Waals surface area (Å²) in [6.07, 6.45) is 1.53. The van der Waals surface area contributed by atoms with Crippen LogP contribution in [-0.2, 0) is 23.4 Å². The fourth-order valence-corrected chi connectivity index (χ4v) is 2.27. The molecule has 0 fully saturated rings. The van der Waals surface area contributed by atoms with Gasteiger partial charge in [-0.3, -0.25) is 4.90 Å². The van der Waals surface area contributed by atoms with Crippen LogP contribution < -0.4 is 0 Å². The maximum Gasteiger partial charge on any atom is 0.377 e. The third-order valence-electron chi connectivity index (χ3n) is 3.56. The molecule has 0 bridgehead atoms. The van der Waals surface area contributed by atoms with Crippen LogP contribution in [0.4, 0.5) is 0 Å². The quantitative estimate of drug-likeness (QED) is 0.793. The Morgan fingerprint density at radius 2 is 1.91 bits per heavy atom. The highest BCUT2D eigenvalue weighted by Crippen LogP contribution is 2.22. The summed E-state index contributed by atoms with van der Waals surface area (Å²) >= 11 is 0. The van der Waals surface area contributed by atoms with Gasteiger partial charge < -0.3 is 4.74 Å². The number of ether oxygens (including phenoxy) is 1.